The summed E-state index contributed by atoms with van der Waals surface area (Å²) >= 11 is 0. The monoisotopic (exact) mass is 853 g/mol. The lowest BCUT2D eigenvalue weighted by Gasteiger charge is -2.67. The number of rotatable bonds is 10. The zero-order chi connectivity index (χ0) is 44.9. The highest BCUT2D eigenvalue weighted by Crippen LogP contribution is 2.64. The van der Waals surface area contributed by atoms with Crippen molar-refractivity contribution in [1.29, 1.82) is 0 Å². The van der Waals surface area contributed by atoms with Gasteiger partial charge in [0.2, 0.25) is 0 Å². The highest BCUT2D eigenvalue weighted by atomic mass is 16.6. The van der Waals surface area contributed by atoms with Crippen molar-refractivity contribution in [2.45, 2.75) is 108 Å². The number of hydrogen-bond acceptors (Lipinski definition) is 14. The van der Waals surface area contributed by atoms with E-state index in [1.165, 1.54) is 26.0 Å². The van der Waals surface area contributed by atoms with E-state index >= 15 is 4.79 Å². The molecule has 3 unspecified atom stereocenters. The van der Waals surface area contributed by atoms with Gasteiger partial charge in [0.15, 0.2) is 23.6 Å². The van der Waals surface area contributed by atoms with Gasteiger partial charge in [-0.25, -0.2) is 9.59 Å². The van der Waals surface area contributed by atoms with E-state index in [1.807, 2.05) is 0 Å². The molecule has 1 aliphatic heterocycles. The second-order valence-corrected chi connectivity index (χ2v) is 17.4. The van der Waals surface area contributed by atoms with Crippen LogP contribution in [-0.4, -0.2) is 105 Å². The number of benzene rings is 3. The van der Waals surface area contributed by atoms with Crippen LogP contribution in [0.25, 0.3) is 0 Å². The van der Waals surface area contributed by atoms with Gasteiger partial charge in [-0.2, -0.15) is 0 Å². The molecule has 1 amide bonds. The van der Waals surface area contributed by atoms with Gasteiger partial charge in [-0.05, 0) is 54.8 Å². The Balaban J connectivity index is 1.39. The van der Waals surface area contributed by atoms with Crippen LogP contribution < -0.4 is 5.32 Å². The number of hydrogen-bond donors (Lipinski definition) is 4. The molecule has 3 aliphatic carbocycles. The summed E-state index contributed by atoms with van der Waals surface area (Å²) in [5, 5.41) is 40.2. The van der Waals surface area contributed by atoms with Crippen LogP contribution in [0.1, 0.15) is 86.7 Å². The largest absolute Gasteiger partial charge is 0.456 e. The molecule has 2 bridgehead atoms. The van der Waals surface area contributed by atoms with Crippen molar-refractivity contribution in [3.05, 3.63) is 119 Å². The Morgan fingerprint density at radius 1 is 0.823 bits per heavy atom. The summed E-state index contributed by atoms with van der Waals surface area (Å²) < 4.78 is 30.3. The van der Waals surface area contributed by atoms with Crippen LogP contribution in [0.2, 0.25) is 0 Å². The van der Waals surface area contributed by atoms with E-state index in [1.54, 1.807) is 92.7 Å². The Hall–Kier alpha value is -5.74. The molecule has 3 aromatic carbocycles. The van der Waals surface area contributed by atoms with E-state index < -0.39 is 113 Å². The number of nitrogens with one attached hydrogen (secondary N) is 1. The van der Waals surface area contributed by atoms with Crippen LogP contribution in [0.15, 0.2) is 102 Å². The van der Waals surface area contributed by atoms with E-state index in [4.69, 9.17) is 23.7 Å². The first-order chi connectivity index (χ1) is 29.3. The number of amides is 1. The maximum Gasteiger partial charge on any atom is 0.338 e. The van der Waals surface area contributed by atoms with Crippen molar-refractivity contribution in [2.75, 3.05) is 6.61 Å². The van der Waals surface area contributed by atoms with Crippen molar-refractivity contribution in [3.8, 4) is 0 Å². The number of fused-ring (bicyclic) bond motifs is 5. The van der Waals surface area contributed by atoms with Crippen molar-refractivity contribution in [3.63, 3.8) is 0 Å². The average Bonchev–Trinajstić information content (AvgIpc) is 3.24. The zero-order valence-corrected chi connectivity index (χ0v) is 35.2. The Labute approximate surface area is 358 Å². The first kappa shape index (κ1) is 44.3. The molecule has 62 heavy (non-hydrogen) atoms. The summed E-state index contributed by atoms with van der Waals surface area (Å²) in [6.07, 6.45) is -10.5. The fourth-order valence-corrected chi connectivity index (χ4v) is 10.2. The van der Waals surface area contributed by atoms with Crippen molar-refractivity contribution >= 4 is 35.6 Å². The lowest BCUT2D eigenvalue weighted by Crippen LogP contribution is -2.82. The third kappa shape index (κ3) is 7.29. The fourth-order valence-electron chi connectivity index (χ4n) is 10.2. The number of aliphatic hydroxyl groups is 3. The van der Waals surface area contributed by atoms with E-state index in [0.717, 1.165) is 13.8 Å². The number of aliphatic hydroxyl groups excluding tert-OH is 2. The molecule has 11 atom stereocenters. The first-order valence-corrected chi connectivity index (χ1v) is 20.5. The van der Waals surface area contributed by atoms with Gasteiger partial charge >= 0.3 is 23.9 Å². The highest BCUT2D eigenvalue weighted by Gasteiger charge is 2.78. The lowest BCUT2D eigenvalue weighted by molar-refractivity contribution is -0.346. The normalized spacial score (nSPS) is 31.9. The molecule has 3 fully saturated rings. The molecule has 1 saturated heterocycles. The van der Waals surface area contributed by atoms with Gasteiger partial charge < -0.3 is 44.3 Å². The standard InChI is InChI=1S/C47H51NO14/c1-25-31(60-43(56)36(52)35(28-16-10-7-11-17-28)48-41(54)29-18-12-8-13-19-29)23-47(57)40(61-42(55)30-20-14-9-15-21-30)38-45(6,32(51)22-33-46(38,24-58-33)62-27(3)50)39(53)37(59-26(2)49)34(25)44(47,4)5/h7-21,31-33,35-38,40,51-52,57H,22-24H2,1-6H3,(H,48,54)/t31?,32-,33+,35?,36+,37+,38?,40-,45+,46-,47+/m0/s1. The van der Waals surface area contributed by atoms with Crippen LogP contribution >= 0.6 is 0 Å². The molecule has 3 aromatic rings. The van der Waals surface area contributed by atoms with Gasteiger partial charge in [-0.1, -0.05) is 80.6 Å². The molecular formula is C47H51NO14. The van der Waals surface area contributed by atoms with E-state index in [2.05, 4.69) is 5.32 Å². The molecular weight excluding hydrogens is 803 g/mol. The van der Waals surface area contributed by atoms with Crippen molar-refractivity contribution in [2.24, 2.45) is 16.7 Å². The molecule has 328 valence electrons. The molecule has 7 rings (SSSR count). The third-order valence-electron chi connectivity index (χ3n) is 13.5. The molecule has 4 aliphatic rings. The summed E-state index contributed by atoms with van der Waals surface area (Å²) in [6, 6.07) is 22.9. The van der Waals surface area contributed by atoms with Gasteiger partial charge in [-0.15, -0.1) is 0 Å². The first-order valence-electron chi connectivity index (χ1n) is 20.5. The molecule has 0 aromatic heterocycles. The van der Waals surface area contributed by atoms with Gasteiger partial charge in [0, 0.05) is 37.7 Å². The average molecular weight is 854 g/mol. The quantitative estimate of drug-likeness (QED) is 0.130. The summed E-state index contributed by atoms with van der Waals surface area (Å²) in [4.78, 5) is 83.5. The van der Waals surface area contributed by atoms with Gasteiger partial charge in [-0.3, -0.25) is 19.2 Å². The predicted molar refractivity (Wildman–Crippen MR) is 218 cm³/mol. The minimum Gasteiger partial charge on any atom is -0.456 e. The summed E-state index contributed by atoms with van der Waals surface area (Å²) in [6.45, 7) is 7.97. The molecule has 0 radical (unpaired) electrons. The number of carbonyl (C=O) groups is 6. The predicted octanol–water partition coefficient (Wildman–Crippen LogP) is 3.74. The molecule has 15 heteroatoms. The zero-order valence-electron chi connectivity index (χ0n) is 35.2. The van der Waals surface area contributed by atoms with Gasteiger partial charge in [0.05, 0.1) is 35.6 Å². The topological polar surface area (TPSA) is 221 Å². The fraction of sp³-hybridized carbons (Fsp3) is 0.447. The summed E-state index contributed by atoms with van der Waals surface area (Å²) in [5.41, 5.74) is -7.02. The maximum atomic E-state index is 15.5. The number of esters is 4. The molecule has 0 spiro atoms. The molecule has 4 N–H and O–H groups in total. The van der Waals surface area contributed by atoms with Crippen molar-refractivity contribution in [1.82, 2.24) is 5.32 Å². The number of ether oxygens (including phenoxy) is 5. The molecule has 1 heterocycles. The number of Topliss-reactive ketones (excluding diaryl/α,β-unsaturated/α-hetero) is 1. The summed E-state index contributed by atoms with van der Waals surface area (Å²) in [5.74, 6) is -6.84. The Morgan fingerprint density at radius 3 is 1.95 bits per heavy atom. The van der Waals surface area contributed by atoms with Crippen LogP contribution in [0.5, 0.6) is 0 Å². The number of ketones is 1. The second-order valence-electron chi connectivity index (χ2n) is 17.4. The highest BCUT2D eigenvalue weighted by molar-refractivity contribution is 5.96. The Kier molecular flexibility index (Phi) is 11.8. The van der Waals surface area contributed by atoms with E-state index in [9.17, 15) is 39.3 Å². The van der Waals surface area contributed by atoms with Crippen LogP contribution in [0.3, 0.4) is 0 Å². The van der Waals surface area contributed by atoms with Crippen molar-refractivity contribution < 1.29 is 67.8 Å². The SMILES string of the molecule is CC(=O)O[C@H]1C(=O)[C@@]2(C)C([C@H](OC(=O)c3ccccc3)[C@]3(O)CC(OC(=O)[C@H](O)C(NC(=O)c4ccccc4)c4ccccc4)C(C)=C1C3(C)C)[C@]1(OC(C)=O)CO[C@@H]1C[C@@H]2O. The Bertz CT molecular complexity index is 2280. The molecule has 2 saturated carbocycles. The van der Waals surface area contributed by atoms with Crippen LogP contribution in [0, 0.1) is 16.7 Å². The smallest absolute Gasteiger partial charge is 0.338 e. The number of carbonyl (C=O) groups excluding carboxylic acids is 6. The summed E-state index contributed by atoms with van der Waals surface area (Å²) in [7, 11) is 0. The van der Waals surface area contributed by atoms with Crippen LogP contribution in [0.4, 0.5) is 0 Å². The van der Waals surface area contributed by atoms with E-state index in [-0.39, 0.29) is 35.3 Å². The lowest BCUT2D eigenvalue weighted by atomic mass is 9.44. The Morgan fingerprint density at radius 2 is 1.40 bits per heavy atom. The molecule has 15 nitrogen and oxygen atoms in total. The van der Waals surface area contributed by atoms with Gasteiger partial charge in [0.1, 0.15) is 23.9 Å². The van der Waals surface area contributed by atoms with Crippen LogP contribution in [-0.2, 0) is 42.9 Å². The second kappa shape index (κ2) is 16.5. The third-order valence-corrected chi connectivity index (χ3v) is 13.5. The minimum absolute atomic E-state index is 0.00289. The maximum absolute atomic E-state index is 15.5. The van der Waals surface area contributed by atoms with E-state index in [0.29, 0.717) is 5.56 Å². The minimum atomic E-state index is -2.39. The van der Waals surface area contributed by atoms with Gasteiger partial charge in [0.25, 0.3) is 5.91 Å².